The Bertz CT molecular complexity index is 954. The zero-order valence-corrected chi connectivity index (χ0v) is 14.6. The molecule has 0 bridgehead atoms. The fraction of sp³-hybridized carbons (Fsp3) is 0.118. The molecule has 9 nitrogen and oxygen atoms in total. The van der Waals surface area contributed by atoms with Crippen molar-refractivity contribution < 1.29 is 24.0 Å². The molecule has 0 saturated heterocycles. The summed E-state index contributed by atoms with van der Waals surface area (Å²) in [4.78, 5) is 33.8. The van der Waals surface area contributed by atoms with Crippen LogP contribution in [0.2, 0.25) is 5.02 Å². The van der Waals surface area contributed by atoms with E-state index in [9.17, 15) is 19.7 Å². The number of nitrogens with one attached hydrogen (secondary N) is 1. The lowest BCUT2D eigenvalue weighted by Crippen LogP contribution is -2.20. The number of hydrogen-bond donors (Lipinski definition) is 1. The number of hydrogen-bond acceptors (Lipinski definition) is 7. The molecule has 0 heterocycles. The third kappa shape index (κ3) is 4.93. The number of anilines is 1. The smallest absolute Gasteiger partial charge is 0.338 e. The summed E-state index contributed by atoms with van der Waals surface area (Å²) < 4.78 is 9.69. The Balaban J connectivity index is 2.08. The Morgan fingerprint density at radius 1 is 1.30 bits per heavy atom. The molecule has 0 saturated carbocycles. The molecule has 1 N–H and O–H groups in total. The molecule has 0 unspecified atom stereocenters. The number of carbonyl (C=O) groups excluding carboxylic acids is 2. The van der Waals surface area contributed by atoms with Gasteiger partial charge in [0.15, 0.2) is 12.4 Å². The average molecular weight is 390 g/mol. The van der Waals surface area contributed by atoms with Crippen molar-refractivity contribution in [2.45, 2.75) is 0 Å². The second kappa shape index (κ2) is 8.64. The standard InChI is InChI=1S/C17H12ClN3O6/c1-26-17(23)10-3-5-15(14(6-10)21(24)25)27-9-16(22)20-12-4-2-11(8-19)13(18)7-12/h2-7H,9H2,1H3,(H,20,22). The van der Waals surface area contributed by atoms with Crippen LogP contribution in [0.3, 0.4) is 0 Å². The van der Waals surface area contributed by atoms with Crippen LogP contribution in [-0.2, 0) is 9.53 Å². The molecule has 0 radical (unpaired) electrons. The number of nitrogens with zero attached hydrogens (tertiary/aromatic N) is 2. The van der Waals surface area contributed by atoms with E-state index in [1.807, 2.05) is 6.07 Å². The molecule has 2 aromatic rings. The number of benzene rings is 2. The van der Waals surface area contributed by atoms with Gasteiger partial charge in [-0.15, -0.1) is 0 Å². The van der Waals surface area contributed by atoms with Gasteiger partial charge >= 0.3 is 11.7 Å². The molecule has 0 spiro atoms. The van der Waals surface area contributed by atoms with Crippen molar-refractivity contribution in [2.24, 2.45) is 0 Å². The lowest BCUT2D eigenvalue weighted by atomic mass is 10.2. The second-order valence-corrected chi connectivity index (χ2v) is 5.48. The molecule has 1 amide bonds. The number of halogens is 1. The molecule has 0 fully saturated rings. The number of nitriles is 1. The van der Waals surface area contributed by atoms with Gasteiger partial charge in [0.2, 0.25) is 0 Å². The largest absolute Gasteiger partial charge is 0.477 e. The summed E-state index contributed by atoms with van der Waals surface area (Å²) in [5.41, 5.74) is 0.0933. The Morgan fingerprint density at radius 2 is 2.04 bits per heavy atom. The number of methoxy groups -OCH3 is 1. The molecule has 0 aliphatic rings. The highest BCUT2D eigenvalue weighted by molar-refractivity contribution is 6.32. The van der Waals surface area contributed by atoms with Gasteiger partial charge < -0.3 is 14.8 Å². The van der Waals surface area contributed by atoms with Crippen molar-refractivity contribution in [1.82, 2.24) is 0 Å². The van der Waals surface area contributed by atoms with E-state index >= 15 is 0 Å². The molecule has 2 rings (SSSR count). The number of nitro groups is 1. The van der Waals surface area contributed by atoms with Crippen LogP contribution >= 0.6 is 11.6 Å². The lowest BCUT2D eigenvalue weighted by Gasteiger charge is -2.09. The predicted octanol–water partition coefficient (Wildman–Crippen LogP) is 2.92. The van der Waals surface area contributed by atoms with E-state index in [-0.39, 0.29) is 21.9 Å². The number of rotatable bonds is 6. The fourth-order valence-electron chi connectivity index (χ4n) is 2.05. The van der Waals surface area contributed by atoms with E-state index in [0.717, 1.165) is 13.2 Å². The van der Waals surface area contributed by atoms with E-state index in [4.69, 9.17) is 21.6 Å². The van der Waals surface area contributed by atoms with Crippen LogP contribution in [0.15, 0.2) is 36.4 Å². The minimum absolute atomic E-state index is 0.0202. The zero-order chi connectivity index (χ0) is 20.0. The van der Waals surface area contributed by atoms with Crippen LogP contribution in [-0.4, -0.2) is 30.5 Å². The second-order valence-electron chi connectivity index (χ2n) is 5.07. The Labute approximate surface area is 158 Å². The summed E-state index contributed by atoms with van der Waals surface area (Å²) in [7, 11) is 1.15. The molecule has 27 heavy (non-hydrogen) atoms. The molecular formula is C17H12ClN3O6. The average Bonchev–Trinajstić information content (AvgIpc) is 2.65. The summed E-state index contributed by atoms with van der Waals surface area (Å²) in [6.45, 7) is -0.518. The number of ether oxygens (including phenoxy) is 2. The minimum Gasteiger partial charge on any atom is -0.477 e. The monoisotopic (exact) mass is 389 g/mol. The third-order valence-corrected chi connectivity index (χ3v) is 3.62. The predicted molar refractivity (Wildman–Crippen MR) is 94.7 cm³/mol. The summed E-state index contributed by atoms with van der Waals surface area (Å²) in [5, 5.41) is 22.6. The van der Waals surface area contributed by atoms with Crippen LogP contribution in [0.25, 0.3) is 0 Å². The van der Waals surface area contributed by atoms with Crippen LogP contribution in [0, 0.1) is 21.4 Å². The van der Waals surface area contributed by atoms with E-state index in [0.29, 0.717) is 5.69 Å². The van der Waals surface area contributed by atoms with Gasteiger partial charge in [-0.05, 0) is 30.3 Å². The molecule has 138 valence electrons. The van der Waals surface area contributed by atoms with E-state index in [2.05, 4.69) is 10.1 Å². The van der Waals surface area contributed by atoms with Crippen LogP contribution in [0.4, 0.5) is 11.4 Å². The van der Waals surface area contributed by atoms with Crippen LogP contribution in [0.1, 0.15) is 15.9 Å². The van der Waals surface area contributed by atoms with Crippen molar-refractivity contribution in [3.05, 3.63) is 62.7 Å². The number of esters is 1. The van der Waals surface area contributed by atoms with Gasteiger partial charge in [0.1, 0.15) is 6.07 Å². The maximum absolute atomic E-state index is 12.0. The lowest BCUT2D eigenvalue weighted by molar-refractivity contribution is -0.385. The molecular weight excluding hydrogens is 378 g/mol. The first kappa shape index (κ1) is 19.7. The topological polar surface area (TPSA) is 132 Å². The molecule has 2 aromatic carbocycles. The summed E-state index contributed by atoms with van der Waals surface area (Å²) >= 11 is 5.88. The van der Waals surface area contributed by atoms with Crippen molar-refractivity contribution in [2.75, 3.05) is 19.0 Å². The van der Waals surface area contributed by atoms with Gasteiger partial charge in [-0.25, -0.2) is 4.79 Å². The molecule has 0 aliphatic carbocycles. The van der Waals surface area contributed by atoms with Crippen molar-refractivity contribution in [1.29, 1.82) is 5.26 Å². The molecule has 0 aliphatic heterocycles. The highest BCUT2D eigenvalue weighted by atomic mass is 35.5. The van der Waals surface area contributed by atoms with Gasteiger partial charge in [-0.3, -0.25) is 14.9 Å². The minimum atomic E-state index is -0.736. The van der Waals surface area contributed by atoms with Crippen molar-refractivity contribution in [3.8, 4) is 11.8 Å². The Hall–Kier alpha value is -3.64. The first-order chi connectivity index (χ1) is 12.8. The van der Waals surface area contributed by atoms with E-state index in [1.165, 1.54) is 30.3 Å². The summed E-state index contributed by atoms with van der Waals surface area (Å²) in [6.07, 6.45) is 0. The highest BCUT2D eigenvalue weighted by Crippen LogP contribution is 2.28. The third-order valence-electron chi connectivity index (χ3n) is 3.31. The molecule has 0 aromatic heterocycles. The van der Waals surface area contributed by atoms with Crippen molar-refractivity contribution in [3.63, 3.8) is 0 Å². The Morgan fingerprint density at radius 3 is 2.63 bits per heavy atom. The normalized spacial score (nSPS) is 9.81. The van der Waals surface area contributed by atoms with Gasteiger partial charge in [0, 0.05) is 11.8 Å². The maximum Gasteiger partial charge on any atom is 0.338 e. The zero-order valence-electron chi connectivity index (χ0n) is 13.9. The number of amides is 1. The van der Waals surface area contributed by atoms with Crippen LogP contribution in [0.5, 0.6) is 5.75 Å². The highest BCUT2D eigenvalue weighted by Gasteiger charge is 2.20. The summed E-state index contributed by atoms with van der Waals surface area (Å²) in [6, 6.07) is 9.69. The molecule has 0 atom stereocenters. The first-order valence-electron chi connectivity index (χ1n) is 7.34. The Kier molecular flexibility index (Phi) is 6.30. The SMILES string of the molecule is COC(=O)c1ccc(OCC(=O)Nc2ccc(C#N)c(Cl)c2)c([N+](=O)[O-])c1. The van der Waals surface area contributed by atoms with Gasteiger partial charge in [0.25, 0.3) is 5.91 Å². The van der Waals surface area contributed by atoms with Crippen molar-refractivity contribution >= 4 is 34.9 Å². The van der Waals surface area contributed by atoms with E-state index < -0.39 is 29.1 Å². The number of nitro benzene ring substituents is 1. The summed E-state index contributed by atoms with van der Waals surface area (Å²) in [5.74, 6) is -1.51. The first-order valence-corrected chi connectivity index (χ1v) is 7.72. The van der Waals surface area contributed by atoms with E-state index in [1.54, 1.807) is 0 Å². The van der Waals surface area contributed by atoms with Gasteiger partial charge in [-0.1, -0.05) is 11.6 Å². The van der Waals surface area contributed by atoms with Gasteiger partial charge in [0.05, 0.1) is 28.2 Å². The molecule has 10 heteroatoms. The number of carbonyl (C=O) groups is 2. The maximum atomic E-state index is 12.0. The quantitative estimate of drug-likeness (QED) is 0.456. The van der Waals surface area contributed by atoms with Gasteiger partial charge in [-0.2, -0.15) is 5.26 Å². The fourth-order valence-corrected chi connectivity index (χ4v) is 2.27. The van der Waals surface area contributed by atoms with Crippen LogP contribution < -0.4 is 10.1 Å².